The fourth-order valence-corrected chi connectivity index (χ4v) is 3.45. The number of amides is 1. The van der Waals surface area contributed by atoms with Gasteiger partial charge < -0.3 is 9.15 Å². The molecule has 0 fully saturated rings. The average Bonchev–Trinajstić information content (AvgIpc) is 3.21. The number of furan rings is 1. The van der Waals surface area contributed by atoms with Gasteiger partial charge in [0.2, 0.25) is 5.13 Å². The maximum atomic E-state index is 12.7. The first kappa shape index (κ1) is 17.6. The van der Waals surface area contributed by atoms with Crippen LogP contribution in [0.5, 0.6) is 0 Å². The van der Waals surface area contributed by atoms with E-state index in [1.54, 1.807) is 39.0 Å². The minimum absolute atomic E-state index is 0.275. The number of aromatic nitrogens is 1. The first-order valence-corrected chi connectivity index (χ1v) is 9.03. The Morgan fingerprint density at radius 3 is 2.84 bits per heavy atom. The van der Waals surface area contributed by atoms with Gasteiger partial charge in [-0.05, 0) is 54.9 Å². The number of carbonyl (C=O) groups is 2. The van der Waals surface area contributed by atoms with Crippen LogP contribution in [0.25, 0.3) is 6.08 Å². The Bertz CT molecular complexity index is 912. The van der Waals surface area contributed by atoms with E-state index in [1.807, 2.05) is 0 Å². The van der Waals surface area contributed by atoms with Gasteiger partial charge in [0.1, 0.15) is 10.6 Å². The molecule has 0 aromatic carbocycles. The molecule has 2 aromatic rings. The predicted molar refractivity (Wildman–Crippen MR) is 97.8 cm³/mol. The third-order valence-electron chi connectivity index (χ3n) is 3.37. The molecule has 7 nitrogen and oxygen atoms in total. The summed E-state index contributed by atoms with van der Waals surface area (Å²) in [7, 11) is 0. The van der Waals surface area contributed by atoms with Crippen molar-refractivity contribution in [3.63, 3.8) is 0 Å². The summed E-state index contributed by atoms with van der Waals surface area (Å²) in [6, 6.07) is 3.48. The standard InChI is InChI=1S/C16H14BrN3O4S/c1-4-23-15(22)13-9(3)18-16(25-13)20-14(21)11(8(2)19-20)7-10-5-6-12(17)24-10/h5-7H,4H2,1-3H3. The number of hydrogen-bond donors (Lipinski definition) is 0. The minimum atomic E-state index is -0.452. The first-order chi connectivity index (χ1) is 11.9. The van der Waals surface area contributed by atoms with Crippen LogP contribution in [0.15, 0.2) is 31.9 Å². The van der Waals surface area contributed by atoms with Gasteiger partial charge in [0, 0.05) is 0 Å². The van der Waals surface area contributed by atoms with Crippen LogP contribution in [0.2, 0.25) is 0 Å². The zero-order valence-electron chi connectivity index (χ0n) is 13.7. The summed E-state index contributed by atoms with van der Waals surface area (Å²) in [5, 5.41) is 5.78. The van der Waals surface area contributed by atoms with Crippen LogP contribution in [0.1, 0.15) is 35.0 Å². The van der Waals surface area contributed by atoms with E-state index in [0.29, 0.717) is 37.4 Å². The van der Waals surface area contributed by atoms with Gasteiger partial charge in [-0.15, -0.1) is 0 Å². The number of ether oxygens (including phenoxy) is 1. The number of halogens is 1. The van der Waals surface area contributed by atoms with Crippen LogP contribution in [-0.2, 0) is 9.53 Å². The van der Waals surface area contributed by atoms with E-state index in [9.17, 15) is 9.59 Å². The molecule has 0 aliphatic carbocycles. The summed E-state index contributed by atoms with van der Waals surface area (Å²) < 4.78 is 11.0. The van der Waals surface area contributed by atoms with Crippen LogP contribution < -0.4 is 5.01 Å². The van der Waals surface area contributed by atoms with E-state index >= 15 is 0 Å². The molecule has 1 aliphatic rings. The van der Waals surface area contributed by atoms with Crippen LogP contribution in [0, 0.1) is 6.92 Å². The third kappa shape index (κ3) is 3.42. The molecule has 0 saturated heterocycles. The lowest BCUT2D eigenvalue weighted by Gasteiger charge is -2.06. The van der Waals surface area contributed by atoms with Gasteiger partial charge in [-0.2, -0.15) is 10.1 Å². The molecular weight excluding hydrogens is 410 g/mol. The van der Waals surface area contributed by atoms with Gasteiger partial charge in [0.05, 0.1) is 23.6 Å². The highest BCUT2D eigenvalue weighted by Crippen LogP contribution is 2.31. The normalized spacial score (nSPS) is 15.8. The summed E-state index contributed by atoms with van der Waals surface area (Å²) in [6.45, 7) is 5.43. The first-order valence-electron chi connectivity index (χ1n) is 7.42. The van der Waals surface area contributed by atoms with Crippen LogP contribution in [-0.4, -0.2) is 29.2 Å². The fourth-order valence-electron chi connectivity index (χ4n) is 2.22. The Balaban J connectivity index is 1.90. The summed E-state index contributed by atoms with van der Waals surface area (Å²) in [5.74, 6) is -0.240. The molecular formula is C16H14BrN3O4S. The van der Waals surface area contributed by atoms with Gasteiger partial charge in [0.15, 0.2) is 4.67 Å². The van der Waals surface area contributed by atoms with Crippen LogP contribution >= 0.6 is 27.3 Å². The van der Waals surface area contributed by atoms with E-state index in [-0.39, 0.29) is 12.5 Å². The Hall–Kier alpha value is -2.26. The second-order valence-corrected chi connectivity index (χ2v) is 6.89. The molecule has 0 bridgehead atoms. The molecule has 25 heavy (non-hydrogen) atoms. The largest absolute Gasteiger partial charge is 0.462 e. The summed E-state index contributed by atoms with van der Waals surface area (Å²) >= 11 is 4.30. The van der Waals surface area contributed by atoms with Crippen molar-refractivity contribution < 1.29 is 18.7 Å². The Morgan fingerprint density at radius 1 is 1.44 bits per heavy atom. The fraction of sp³-hybridized carbons (Fsp3) is 0.250. The molecule has 0 unspecified atom stereocenters. The number of rotatable bonds is 4. The summed E-state index contributed by atoms with van der Waals surface area (Å²) in [6.07, 6.45) is 1.62. The SMILES string of the molecule is CCOC(=O)c1sc(N2N=C(C)C(=Cc3ccc(Br)o3)C2=O)nc1C. The number of nitrogens with zero attached hydrogens (tertiary/aromatic N) is 3. The van der Waals surface area contributed by atoms with Crippen molar-refractivity contribution in [2.24, 2.45) is 5.10 Å². The summed E-state index contributed by atoms with van der Waals surface area (Å²) in [5.41, 5.74) is 1.46. The molecule has 0 spiro atoms. The van der Waals surface area contributed by atoms with Crippen molar-refractivity contribution in [2.75, 3.05) is 11.6 Å². The van der Waals surface area contributed by atoms with Crippen molar-refractivity contribution in [3.8, 4) is 0 Å². The molecule has 9 heteroatoms. The second kappa shape index (κ2) is 6.93. The van der Waals surface area contributed by atoms with Gasteiger partial charge in [-0.3, -0.25) is 4.79 Å². The highest BCUT2D eigenvalue weighted by molar-refractivity contribution is 9.10. The highest BCUT2D eigenvalue weighted by Gasteiger charge is 2.32. The van der Waals surface area contributed by atoms with E-state index < -0.39 is 5.97 Å². The zero-order valence-corrected chi connectivity index (χ0v) is 16.1. The van der Waals surface area contributed by atoms with Crippen molar-refractivity contribution >= 4 is 56.1 Å². The molecule has 1 amide bonds. The van der Waals surface area contributed by atoms with E-state index in [0.717, 1.165) is 11.3 Å². The quantitative estimate of drug-likeness (QED) is 0.551. The Morgan fingerprint density at radius 2 is 2.20 bits per heavy atom. The maximum absolute atomic E-state index is 12.7. The lowest BCUT2D eigenvalue weighted by atomic mass is 10.1. The van der Waals surface area contributed by atoms with Crippen molar-refractivity contribution in [1.82, 2.24) is 4.98 Å². The number of esters is 1. The number of carbonyl (C=O) groups excluding carboxylic acids is 2. The smallest absolute Gasteiger partial charge is 0.350 e. The molecule has 2 aromatic heterocycles. The van der Waals surface area contributed by atoms with E-state index in [2.05, 4.69) is 26.0 Å². The maximum Gasteiger partial charge on any atom is 0.350 e. The third-order valence-corrected chi connectivity index (χ3v) is 4.91. The van der Waals surface area contributed by atoms with E-state index in [1.165, 1.54) is 5.01 Å². The molecule has 0 saturated carbocycles. The average molecular weight is 424 g/mol. The van der Waals surface area contributed by atoms with Gasteiger partial charge >= 0.3 is 5.97 Å². The van der Waals surface area contributed by atoms with Crippen LogP contribution in [0.3, 0.4) is 0 Å². The number of hydrogen-bond acceptors (Lipinski definition) is 7. The lowest BCUT2D eigenvalue weighted by Crippen LogP contribution is -2.21. The molecule has 0 atom stereocenters. The molecule has 130 valence electrons. The van der Waals surface area contributed by atoms with Crippen molar-refractivity contribution in [1.29, 1.82) is 0 Å². The number of aryl methyl sites for hydroxylation is 1. The van der Waals surface area contributed by atoms with Crippen molar-refractivity contribution in [2.45, 2.75) is 20.8 Å². The lowest BCUT2D eigenvalue weighted by molar-refractivity contribution is -0.114. The monoisotopic (exact) mass is 423 g/mol. The highest BCUT2D eigenvalue weighted by atomic mass is 79.9. The minimum Gasteiger partial charge on any atom is -0.462 e. The van der Waals surface area contributed by atoms with Crippen LogP contribution in [0.4, 0.5) is 5.13 Å². The van der Waals surface area contributed by atoms with Gasteiger partial charge in [-0.1, -0.05) is 11.3 Å². The van der Waals surface area contributed by atoms with Gasteiger partial charge in [-0.25, -0.2) is 9.78 Å². The van der Waals surface area contributed by atoms with Crippen molar-refractivity contribution in [3.05, 3.63) is 38.7 Å². The summed E-state index contributed by atoms with van der Waals surface area (Å²) in [4.78, 5) is 29.3. The van der Waals surface area contributed by atoms with Gasteiger partial charge in [0.25, 0.3) is 5.91 Å². The number of hydrazone groups is 1. The molecule has 3 rings (SSSR count). The van der Waals surface area contributed by atoms with E-state index in [4.69, 9.17) is 9.15 Å². The Labute approximate surface area is 156 Å². The zero-order chi connectivity index (χ0) is 18.1. The number of thiazole rings is 1. The topological polar surface area (TPSA) is 85.0 Å². The molecule has 0 radical (unpaired) electrons. The molecule has 0 N–H and O–H groups in total. The Kier molecular flexibility index (Phi) is 4.87. The molecule has 3 heterocycles. The predicted octanol–water partition coefficient (Wildman–Crippen LogP) is 3.79. The second-order valence-electron chi connectivity index (χ2n) is 5.13. The molecule has 1 aliphatic heterocycles. The number of anilines is 1.